The second-order valence-corrected chi connectivity index (χ2v) is 9.00. The maximum Gasteiger partial charge on any atom is 0.261 e. The Kier molecular flexibility index (Phi) is 9.92. The lowest BCUT2D eigenvalue weighted by molar-refractivity contribution is -0.143. The van der Waals surface area contributed by atoms with Crippen LogP contribution in [0.4, 0.5) is 0 Å². The zero-order valence-electron chi connectivity index (χ0n) is 21.6. The lowest BCUT2D eigenvalue weighted by Gasteiger charge is -2.32. The van der Waals surface area contributed by atoms with Crippen LogP contribution in [-0.2, 0) is 22.6 Å². The summed E-state index contributed by atoms with van der Waals surface area (Å²) in [6, 6.07) is 24.2. The first-order valence-corrected chi connectivity index (χ1v) is 12.4. The standard InChI is InChI=1S/C30H36N2O4/c1-5-23(3)31-30(34)28(19-24-12-7-6-8-13-24)32(20-25-14-10-15-26(18-25)35-4)29(33)21-36-27-16-9-11-22(2)17-27/h6-18,23,28H,5,19-21H2,1-4H3,(H,31,34). The van der Waals surface area contributed by atoms with Crippen LogP contribution in [0.5, 0.6) is 11.5 Å². The quantitative estimate of drug-likeness (QED) is 0.392. The van der Waals surface area contributed by atoms with Crippen molar-refractivity contribution in [2.24, 2.45) is 0 Å². The molecule has 2 atom stereocenters. The Bertz CT molecular complexity index is 1130. The van der Waals surface area contributed by atoms with Gasteiger partial charge in [-0.05, 0) is 61.2 Å². The fourth-order valence-electron chi connectivity index (χ4n) is 3.90. The van der Waals surface area contributed by atoms with Gasteiger partial charge in [-0.1, -0.05) is 61.5 Å². The highest BCUT2D eigenvalue weighted by atomic mass is 16.5. The smallest absolute Gasteiger partial charge is 0.261 e. The molecule has 0 aromatic heterocycles. The molecule has 0 aliphatic carbocycles. The topological polar surface area (TPSA) is 67.9 Å². The van der Waals surface area contributed by atoms with Crippen molar-refractivity contribution in [2.45, 2.75) is 52.2 Å². The van der Waals surface area contributed by atoms with Crippen molar-refractivity contribution in [3.05, 3.63) is 95.6 Å². The van der Waals surface area contributed by atoms with E-state index >= 15 is 0 Å². The zero-order valence-corrected chi connectivity index (χ0v) is 21.6. The van der Waals surface area contributed by atoms with Crippen molar-refractivity contribution in [2.75, 3.05) is 13.7 Å². The minimum atomic E-state index is -0.707. The van der Waals surface area contributed by atoms with Gasteiger partial charge < -0.3 is 19.7 Å². The van der Waals surface area contributed by atoms with E-state index < -0.39 is 6.04 Å². The van der Waals surface area contributed by atoms with Gasteiger partial charge in [0, 0.05) is 19.0 Å². The summed E-state index contributed by atoms with van der Waals surface area (Å²) < 4.78 is 11.2. The SMILES string of the molecule is CCC(C)NC(=O)C(Cc1ccccc1)N(Cc1cccc(OC)c1)C(=O)COc1cccc(C)c1. The molecule has 2 amide bonds. The molecule has 0 fully saturated rings. The number of nitrogens with one attached hydrogen (secondary N) is 1. The van der Waals surface area contributed by atoms with E-state index in [2.05, 4.69) is 5.32 Å². The first-order chi connectivity index (χ1) is 17.4. The van der Waals surface area contributed by atoms with Crippen molar-refractivity contribution in [1.82, 2.24) is 10.2 Å². The Hall–Kier alpha value is -3.80. The van der Waals surface area contributed by atoms with Crippen LogP contribution in [0.3, 0.4) is 0 Å². The van der Waals surface area contributed by atoms with Crippen LogP contribution in [0.1, 0.15) is 37.0 Å². The first kappa shape index (κ1) is 26.8. The summed E-state index contributed by atoms with van der Waals surface area (Å²) in [6.07, 6.45) is 1.19. The van der Waals surface area contributed by atoms with Crippen LogP contribution in [0.15, 0.2) is 78.9 Å². The van der Waals surface area contributed by atoms with Crippen molar-refractivity contribution in [3.8, 4) is 11.5 Å². The number of carbonyl (C=O) groups is 2. The number of benzene rings is 3. The molecule has 3 aromatic rings. The number of nitrogens with zero attached hydrogens (tertiary/aromatic N) is 1. The highest BCUT2D eigenvalue weighted by Gasteiger charge is 2.31. The summed E-state index contributed by atoms with van der Waals surface area (Å²) in [5.74, 6) is 0.868. The largest absolute Gasteiger partial charge is 0.497 e. The van der Waals surface area contributed by atoms with Crippen LogP contribution in [-0.4, -0.2) is 42.5 Å². The molecule has 0 saturated carbocycles. The summed E-state index contributed by atoms with van der Waals surface area (Å²) in [7, 11) is 1.61. The molecule has 0 heterocycles. The lowest BCUT2D eigenvalue weighted by atomic mass is 10.0. The minimum absolute atomic E-state index is 0.00640. The molecule has 1 N–H and O–H groups in total. The fraction of sp³-hybridized carbons (Fsp3) is 0.333. The number of hydrogen-bond donors (Lipinski definition) is 1. The molecule has 3 aromatic carbocycles. The predicted octanol–water partition coefficient (Wildman–Crippen LogP) is 4.94. The molecule has 6 nitrogen and oxygen atoms in total. The first-order valence-electron chi connectivity index (χ1n) is 12.4. The minimum Gasteiger partial charge on any atom is -0.497 e. The molecule has 3 rings (SSSR count). The maximum atomic E-state index is 13.6. The van der Waals surface area contributed by atoms with Gasteiger partial charge in [0.2, 0.25) is 5.91 Å². The lowest BCUT2D eigenvalue weighted by Crippen LogP contribution is -2.53. The number of amides is 2. The van der Waals surface area contributed by atoms with Gasteiger partial charge in [0.05, 0.1) is 7.11 Å². The monoisotopic (exact) mass is 488 g/mol. The molecule has 0 bridgehead atoms. The van der Waals surface area contributed by atoms with Crippen LogP contribution < -0.4 is 14.8 Å². The Balaban J connectivity index is 1.93. The molecule has 0 aliphatic heterocycles. The number of hydrogen-bond acceptors (Lipinski definition) is 4. The highest BCUT2D eigenvalue weighted by molar-refractivity contribution is 5.88. The Morgan fingerprint density at radius 3 is 2.31 bits per heavy atom. The molecule has 0 aliphatic rings. The van der Waals surface area contributed by atoms with Gasteiger partial charge in [-0.15, -0.1) is 0 Å². The molecule has 0 radical (unpaired) electrons. The van der Waals surface area contributed by atoms with Gasteiger partial charge in [-0.25, -0.2) is 0 Å². The van der Waals surface area contributed by atoms with Crippen LogP contribution in [0, 0.1) is 6.92 Å². The van der Waals surface area contributed by atoms with Gasteiger partial charge in [0.25, 0.3) is 5.91 Å². The van der Waals surface area contributed by atoms with Gasteiger partial charge >= 0.3 is 0 Å². The summed E-state index contributed by atoms with van der Waals surface area (Å²) in [6.45, 7) is 6.03. The van der Waals surface area contributed by atoms with E-state index in [1.165, 1.54) is 0 Å². The van der Waals surface area contributed by atoms with Gasteiger partial charge in [-0.3, -0.25) is 9.59 Å². The molecular weight excluding hydrogens is 452 g/mol. The number of carbonyl (C=O) groups excluding carboxylic acids is 2. The average Bonchev–Trinajstić information content (AvgIpc) is 2.89. The summed E-state index contributed by atoms with van der Waals surface area (Å²) in [5.41, 5.74) is 2.89. The fourth-order valence-corrected chi connectivity index (χ4v) is 3.90. The van der Waals surface area contributed by atoms with E-state index in [0.29, 0.717) is 17.9 Å². The molecule has 2 unspecified atom stereocenters. The summed E-state index contributed by atoms with van der Waals surface area (Å²) >= 11 is 0. The Morgan fingerprint density at radius 2 is 1.61 bits per heavy atom. The van der Waals surface area contributed by atoms with Crippen molar-refractivity contribution < 1.29 is 19.1 Å². The van der Waals surface area contributed by atoms with E-state index in [1.807, 2.05) is 99.6 Å². The second kappa shape index (κ2) is 13.3. The van der Waals surface area contributed by atoms with Gasteiger partial charge in [0.1, 0.15) is 17.5 Å². The normalized spacial score (nSPS) is 12.3. The van der Waals surface area contributed by atoms with E-state index in [9.17, 15) is 9.59 Å². The highest BCUT2D eigenvalue weighted by Crippen LogP contribution is 2.19. The molecule has 36 heavy (non-hydrogen) atoms. The summed E-state index contributed by atoms with van der Waals surface area (Å²) in [4.78, 5) is 28.8. The third-order valence-electron chi connectivity index (χ3n) is 6.11. The molecule has 0 spiro atoms. The maximum absolute atomic E-state index is 13.6. The predicted molar refractivity (Wildman–Crippen MR) is 142 cm³/mol. The second-order valence-electron chi connectivity index (χ2n) is 9.00. The van der Waals surface area contributed by atoms with E-state index in [1.54, 1.807) is 12.0 Å². The average molecular weight is 489 g/mol. The van der Waals surface area contributed by atoms with Gasteiger partial charge in [0.15, 0.2) is 6.61 Å². The number of aryl methyl sites for hydroxylation is 1. The number of rotatable bonds is 12. The van der Waals surface area contributed by atoms with E-state index in [-0.39, 0.29) is 31.0 Å². The Morgan fingerprint density at radius 1 is 0.917 bits per heavy atom. The molecule has 6 heteroatoms. The Labute approximate surface area is 214 Å². The third-order valence-corrected chi connectivity index (χ3v) is 6.11. The van der Waals surface area contributed by atoms with E-state index in [0.717, 1.165) is 23.1 Å². The third kappa shape index (κ3) is 7.87. The summed E-state index contributed by atoms with van der Waals surface area (Å²) in [5, 5.41) is 3.08. The van der Waals surface area contributed by atoms with Crippen LogP contribution >= 0.6 is 0 Å². The van der Waals surface area contributed by atoms with Crippen molar-refractivity contribution >= 4 is 11.8 Å². The van der Waals surface area contributed by atoms with Crippen LogP contribution in [0.25, 0.3) is 0 Å². The van der Waals surface area contributed by atoms with E-state index in [4.69, 9.17) is 9.47 Å². The zero-order chi connectivity index (χ0) is 25.9. The van der Waals surface area contributed by atoms with Crippen molar-refractivity contribution in [1.29, 1.82) is 0 Å². The molecule has 190 valence electrons. The van der Waals surface area contributed by atoms with Gasteiger partial charge in [-0.2, -0.15) is 0 Å². The number of methoxy groups -OCH3 is 1. The van der Waals surface area contributed by atoms with Crippen LogP contribution in [0.2, 0.25) is 0 Å². The molecule has 0 saturated heterocycles. The number of ether oxygens (including phenoxy) is 2. The van der Waals surface area contributed by atoms with Crippen molar-refractivity contribution in [3.63, 3.8) is 0 Å². The molecular formula is C30H36N2O4.